The van der Waals surface area contributed by atoms with Gasteiger partial charge in [-0.2, -0.15) is 4.98 Å². The van der Waals surface area contributed by atoms with Gasteiger partial charge in [0, 0.05) is 12.6 Å². The first-order valence-corrected chi connectivity index (χ1v) is 8.18. The minimum absolute atomic E-state index is 0.587. The Morgan fingerprint density at radius 2 is 1.96 bits per heavy atom. The van der Waals surface area contributed by atoms with Gasteiger partial charge in [0.1, 0.15) is 5.75 Å². The second-order valence-electron chi connectivity index (χ2n) is 5.82. The van der Waals surface area contributed by atoms with E-state index in [1.165, 1.54) is 0 Å². The van der Waals surface area contributed by atoms with E-state index in [-0.39, 0.29) is 0 Å². The molecule has 0 aliphatic rings. The zero-order chi connectivity index (χ0) is 17.2. The van der Waals surface area contributed by atoms with Crippen LogP contribution in [0.25, 0.3) is 22.4 Å². The molecule has 0 unspecified atom stereocenters. The van der Waals surface area contributed by atoms with E-state index in [0.29, 0.717) is 24.7 Å². The molecule has 4 rings (SSSR count). The number of ether oxygens (including phenoxy) is 1. The van der Waals surface area contributed by atoms with Gasteiger partial charge in [-0.05, 0) is 42.8 Å². The van der Waals surface area contributed by atoms with Crippen LogP contribution in [0.5, 0.6) is 5.75 Å². The summed E-state index contributed by atoms with van der Waals surface area (Å²) in [4.78, 5) is 8.84. The lowest BCUT2D eigenvalue weighted by atomic mass is 10.1. The highest BCUT2D eigenvalue weighted by Gasteiger charge is 2.11. The lowest BCUT2D eigenvalue weighted by molar-refractivity contribution is 0.340. The van der Waals surface area contributed by atoms with Crippen molar-refractivity contribution in [1.82, 2.24) is 19.7 Å². The molecule has 0 aliphatic carbocycles. The third-order valence-electron chi connectivity index (χ3n) is 4.04. The van der Waals surface area contributed by atoms with Gasteiger partial charge in [-0.25, -0.2) is 4.98 Å². The predicted molar refractivity (Wildman–Crippen MR) is 94.4 cm³/mol. The van der Waals surface area contributed by atoms with Gasteiger partial charge < -0.3 is 13.8 Å². The fourth-order valence-electron chi connectivity index (χ4n) is 2.75. The SMILES string of the molecule is CCOc1ccc(Cc2nc(-c3ccc4ncn(C)c4c3)no2)cc1. The standard InChI is InChI=1S/C19H18N4O2/c1-3-24-15-7-4-13(5-8-15)10-18-21-19(22-25-18)14-6-9-16-17(11-14)23(2)12-20-16/h4-9,11-12H,3,10H2,1-2H3. The van der Waals surface area contributed by atoms with Gasteiger partial charge in [-0.1, -0.05) is 17.3 Å². The number of hydrogen-bond donors (Lipinski definition) is 0. The third kappa shape index (κ3) is 3.10. The van der Waals surface area contributed by atoms with Crippen molar-refractivity contribution in [2.45, 2.75) is 13.3 Å². The first kappa shape index (κ1) is 15.4. The molecule has 25 heavy (non-hydrogen) atoms. The van der Waals surface area contributed by atoms with Crippen LogP contribution < -0.4 is 4.74 Å². The molecule has 0 saturated carbocycles. The predicted octanol–water partition coefficient (Wildman–Crippen LogP) is 3.61. The van der Waals surface area contributed by atoms with Gasteiger partial charge in [0.15, 0.2) is 0 Å². The number of aromatic nitrogens is 4. The highest BCUT2D eigenvalue weighted by Crippen LogP contribution is 2.22. The Hall–Kier alpha value is -3.15. The van der Waals surface area contributed by atoms with Crippen molar-refractivity contribution in [3.63, 3.8) is 0 Å². The number of aryl methyl sites for hydroxylation is 1. The van der Waals surface area contributed by atoms with Crippen molar-refractivity contribution >= 4 is 11.0 Å². The van der Waals surface area contributed by atoms with Crippen LogP contribution in [0.1, 0.15) is 18.4 Å². The Morgan fingerprint density at radius 3 is 2.76 bits per heavy atom. The van der Waals surface area contributed by atoms with E-state index < -0.39 is 0 Å². The molecule has 2 heterocycles. The Balaban J connectivity index is 1.55. The zero-order valence-electron chi connectivity index (χ0n) is 14.1. The van der Waals surface area contributed by atoms with Gasteiger partial charge in [-0.3, -0.25) is 0 Å². The largest absolute Gasteiger partial charge is 0.494 e. The minimum atomic E-state index is 0.587. The molecule has 4 aromatic rings. The number of imidazole rings is 1. The fraction of sp³-hybridized carbons (Fsp3) is 0.211. The van der Waals surface area contributed by atoms with E-state index in [9.17, 15) is 0 Å². The second-order valence-corrected chi connectivity index (χ2v) is 5.82. The number of fused-ring (bicyclic) bond motifs is 1. The van der Waals surface area contributed by atoms with Gasteiger partial charge in [0.05, 0.1) is 30.4 Å². The number of nitrogens with zero attached hydrogens (tertiary/aromatic N) is 4. The number of hydrogen-bond acceptors (Lipinski definition) is 5. The summed E-state index contributed by atoms with van der Waals surface area (Å²) >= 11 is 0. The van der Waals surface area contributed by atoms with E-state index in [0.717, 1.165) is 27.9 Å². The molecule has 2 aromatic carbocycles. The minimum Gasteiger partial charge on any atom is -0.494 e. The highest BCUT2D eigenvalue weighted by molar-refractivity contribution is 5.80. The molecule has 0 N–H and O–H groups in total. The lowest BCUT2D eigenvalue weighted by Gasteiger charge is -2.03. The van der Waals surface area contributed by atoms with Crippen LogP contribution in [0, 0.1) is 0 Å². The molecule has 0 aliphatic heterocycles. The van der Waals surface area contributed by atoms with Crippen molar-refractivity contribution in [3.05, 3.63) is 60.2 Å². The first-order chi connectivity index (χ1) is 12.2. The van der Waals surface area contributed by atoms with Crippen LogP contribution in [-0.4, -0.2) is 26.3 Å². The summed E-state index contributed by atoms with van der Waals surface area (Å²) in [5.41, 5.74) is 4.00. The zero-order valence-corrected chi connectivity index (χ0v) is 14.1. The van der Waals surface area contributed by atoms with Gasteiger partial charge in [0.25, 0.3) is 0 Å². The molecule has 0 fully saturated rings. The van der Waals surface area contributed by atoms with Crippen LogP contribution >= 0.6 is 0 Å². The molecule has 0 amide bonds. The number of rotatable bonds is 5. The summed E-state index contributed by atoms with van der Waals surface area (Å²) < 4.78 is 12.8. The maximum Gasteiger partial charge on any atom is 0.231 e. The summed E-state index contributed by atoms with van der Waals surface area (Å²) in [6, 6.07) is 13.9. The van der Waals surface area contributed by atoms with Crippen molar-refractivity contribution in [1.29, 1.82) is 0 Å². The smallest absolute Gasteiger partial charge is 0.231 e. The van der Waals surface area contributed by atoms with Crippen LogP contribution in [0.4, 0.5) is 0 Å². The van der Waals surface area contributed by atoms with Crippen LogP contribution in [-0.2, 0) is 13.5 Å². The van der Waals surface area contributed by atoms with Crippen molar-refractivity contribution in [2.75, 3.05) is 6.61 Å². The monoisotopic (exact) mass is 334 g/mol. The highest BCUT2D eigenvalue weighted by atomic mass is 16.5. The van der Waals surface area contributed by atoms with Gasteiger partial charge in [-0.15, -0.1) is 0 Å². The quantitative estimate of drug-likeness (QED) is 0.558. The summed E-state index contributed by atoms with van der Waals surface area (Å²) in [7, 11) is 1.96. The molecule has 0 saturated heterocycles. The third-order valence-corrected chi connectivity index (χ3v) is 4.04. The van der Waals surface area contributed by atoms with Gasteiger partial charge in [0.2, 0.25) is 11.7 Å². The Morgan fingerprint density at radius 1 is 1.12 bits per heavy atom. The average Bonchev–Trinajstić information content (AvgIpc) is 3.24. The van der Waals surface area contributed by atoms with Gasteiger partial charge >= 0.3 is 0 Å². The van der Waals surface area contributed by atoms with Crippen molar-refractivity contribution in [3.8, 4) is 17.1 Å². The topological polar surface area (TPSA) is 66.0 Å². The lowest BCUT2D eigenvalue weighted by Crippen LogP contribution is -1.92. The maximum atomic E-state index is 5.45. The van der Waals surface area contributed by atoms with E-state index >= 15 is 0 Å². The van der Waals surface area contributed by atoms with E-state index in [1.807, 2.05) is 61.0 Å². The fourth-order valence-corrected chi connectivity index (χ4v) is 2.75. The first-order valence-electron chi connectivity index (χ1n) is 8.18. The Labute approximate surface area is 145 Å². The van der Waals surface area contributed by atoms with Crippen LogP contribution in [0.2, 0.25) is 0 Å². The Kier molecular flexibility index (Phi) is 3.93. The normalized spacial score (nSPS) is 11.1. The summed E-state index contributed by atoms with van der Waals surface area (Å²) in [5, 5.41) is 4.11. The van der Waals surface area contributed by atoms with Crippen molar-refractivity contribution < 1.29 is 9.26 Å². The molecule has 0 bridgehead atoms. The molecule has 0 radical (unpaired) electrons. The van der Waals surface area contributed by atoms with E-state index in [1.54, 1.807) is 6.33 Å². The molecule has 0 spiro atoms. The molecule has 6 heteroatoms. The van der Waals surface area contributed by atoms with Crippen molar-refractivity contribution in [2.24, 2.45) is 7.05 Å². The molecular weight excluding hydrogens is 316 g/mol. The summed E-state index contributed by atoms with van der Waals surface area (Å²) in [6.45, 7) is 2.63. The van der Waals surface area contributed by atoms with E-state index in [2.05, 4.69) is 15.1 Å². The average molecular weight is 334 g/mol. The van der Waals surface area contributed by atoms with Crippen LogP contribution in [0.15, 0.2) is 53.3 Å². The maximum absolute atomic E-state index is 5.45. The molecular formula is C19H18N4O2. The molecule has 6 nitrogen and oxygen atoms in total. The summed E-state index contributed by atoms with van der Waals surface area (Å²) in [5.74, 6) is 2.04. The van der Waals surface area contributed by atoms with E-state index in [4.69, 9.17) is 9.26 Å². The van der Waals surface area contributed by atoms with Crippen LogP contribution in [0.3, 0.4) is 0 Å². The summed E-state index contributed by atoms with van der Waals surface area (Å²) in [6.07, 6.45) is 2.38. The number of benzene rings is 2. The molecule has 0 atom stereocenters. The molecule has 2 aromatic heterocycles. The Bertz CT molecular complexity index is 1000. The molecule has 126 valence electrons. The second kappa shape index (κ2) is 6.39.